The van der Waals surface area contributed by atoms with Gasteiger partial charge >= 0.3 is 6.18 Å². The van der Waals surface area contributed by atoms with Gasteiger partial charge < -0.3 is 35.6 Å². The molecule has 1 aliphatic rings. The summed E-state index contributed by atoms with van der Waals surface area (Å²) in [5.41, 5.74) is -0.853. The Labute approximate surface area is 214 Å². The molecular formula is C26H36F3NO7. The maximum atomic E-state index is 12.8. The van der Waals surface area contributed by atoms with Crippen molar-refractivity contribution in [1.82, 2.24) is 5.32 Å². The zero-order valence-electron chi connectivity index (χ0n) is 20.4. The third-order valence-corrected chi connectivity index (χ3v) is 6.21. The lowest BCUT2D eigenvalue weighted by Gasteiger charge is -2.19. The third-order valence-electron chi connectivity index (χ3n) is 6.21. The molecule has 0 heterocycles. The average Bonchev–Trinajstić information content (AvgIpc) is 3.13. The number of benzene rings is 1. The summed E-state index contributed by atoms with van der Waals surface area (Å²) in [6, 6.07) is 3.68. The van der Waals surface area contributed by atoms with Crippen LogP contribution in [0.3, 0.4) is 0 Å². The van der Waals surface area contributed by atoms with Gasteiger partial charge in [0.15, 0.2) is 0 Å². The quantitative estimate of drug-likeness (QED) is 0.159. The zero-order chi connectivity index (χ0) is 27.4. The fourth-order valence-electron chi connectivity index (χ4n) is 4.16. The first kappa shape index (κ1) is 30.8. The molecule has 0 spiro atoms. The Morgan fingerprint density at radius 1 is 1.16 bits per heavy atom. The van der Waals surface area contributed by atoms with Gasteiger partial charge in [-0.2, -0.15) is 13.2 Å². The van der Waals surface area contributed by atoms with Gasteiger partial charge in [0.2, 0.25) is 5.91 Å². The van der Waals surface area contributed by atoms with Crippen LogP contribution in [0.4, 0.5) is 13.2 Å². The summed E-state index contributed by atoms with van der Waals surface area (Å²) in [7, 11) is 0. The summed E-state index contributed by atoms with van der Waals surface area (Å²) in [5.74, 6) is -1.02. The molecule has 0 aromatic heterocycles. The summed E-state index contributed by atoms with van der Waals surface area (Å²) >= 11 is 0. The average molecular weight is 532 g/mol. The molecule has 1 aliphatic carbocycles. The van der Waals surface area contributed by atoms with Crippen LogP contribution in [0.5, 0.6) is 5.75 Å². The number of allylic oxidation sites excluding steroid dienone is 2. The van der Waals surface area contributed by atoms with Crippen LogP contribution in [0.15, 0.2) is 48.6 Å². The van der Waals surface area contributed by atoms with Crippen LogP contribution in [-0.2, 0) is 11.0 Å². The van der Waals surface area contributed by atoms with Crippen molar-refractivity contribution in [2.75, 3.05) is 19.8 Å². The number of carbonyl (C=O) groups excluding carboxylic acids is 1. The Morgan fingerprint density at radius 2 is 1.89 bits per heavy atom. The molecule has 1 aromatic carbocycles. The van der Waals surface area contributed by atoms with E-state index in [-0.39, 0.29) is 50.2 Å². The Bertz CT molecular complexity index is 889. The van der Waals surface area contributed by atoms with Crippen molar-refractivity contribution in [3.63, 3.8) is 0 Å². The van der Waals surface area contributed by atoms with Crippen molar-refractivity contribution in [3.8, 4) is 5.75 Å². The Kier molecular flexibility index (Phi) is 12.6. The van der Waals surface area contributed by atoms with Gasteiger partial charge in [-0.25, -0.2) is 0 Å². The molecule has 1 fully saturated rings. The Hall–Kier alpha value is -2.44. The van der Waals surface area contributed by atoms with Gasteiger partial charge in [-0.1, -0.05) is 30.4 Å². The highest BCUT2D eigenvalue weighted by Crippen LogP contribution is 2.36. The number of nitrogens with one attached hydrogen (secondary N) is 1. The number of hydrogen-bond acceptors (Lipinski definition) is 7. The Balaban J connectivity index is 1.80. The highest BCUT2D eigenvalue weighted by molar-refractivity contribution is 5.76. The van der Waals surface area contributed by atoms with E-state index in [4.69, 9.17) is 14.9 Å². The van der Waals surface area contributed by atoms with E-state index in [1.807, 2.05) is 12.2 Å². The molecule has 11 heteroatoms. The van der Waals surface area contributed by atoms with Gasteiger partial charge in [0.1, 0.15) is 18.5 Å². The molecule has 0 bridgehead atoms. The first-order valence-corrected chi connectivity index (χ1v) is 12.2. The minimum Gasteiger partial charge on any atom is -0.491 e. The predicted molar refractivity (Wildman–Crippen MR) is 129 cm³/mol. The minimum absolute atomic E-state index is 0.0271. The number of carbonyl (C=O) groups is 1. The molecule has 6 N–H and O–H groups in total. The van der Waals surface area contributed by atoms with Crippen LogP contribution >= 0.6 is 0 Å². The normalized spacial score (nSPS) is 23.3. The van der Waals surface area contributed by atoms with Crippen LogP contribution in [-0.4, -0.2) is 75.6 Å². The fraction of sp³-hybridized carbons (Fsp3) is 0.577. The third kappa shape index (κ3) is 10.4. The second-order valence-corrected chi connectivity index (χ2v) is 9.13. The number of rotatable bonds is 14. The zero-order valence-corrected chi connectivity index (χ0v) is 20.4. The van der Waals surface area contributed by atoms with Gasteiger partial charge in [0, 0.05) is 18.8 Å². The largest absolute Gasteiger partial charge is 0.491 e. The molecule has 5 atom stereocenters. The van der Waals surface area contributed by atoms with E-state index in [1.54, 1.807) is 6.08 Å². The summed E-state index contributed by atoms with van der Waals surface area (Å²) in [4.78, 5) is 11.7. The standard InChI is InChI=1S/C26H36F3NO7/c27-26(28,29)17-6-5-7-20(12-17)37-16-19(33)10-11-22-21(23(34)13-24(22)35)8-3-1-2-4-9-25(36)30-18(14-31)15-32/h1,3,5-7,10-12,18-19,21-24,31-35H,2,4,8-9,13-16H2,(H,30,36). The van der Waals surface area contributed by atoms with E-state index in [0.29, 0.717) is 19.3 Å². The highest BCUT2D eigenvalue weighted by atomic mass is 19.4. The van der Waals surface area contributed by atoms with E-state index >= 15 is 0 Å². The molecule has 0 aliphatic heterocycles. The molecular weight excluding hydrogens is 495 g/mol. The first-order valence-electron chi connectivity index (χ1n) is 12.2. The molecule has 0 radical (unpaired) electrons. The highest BCUT2D eigenvalue weighted by Gasteiger charge is 2.39. The molecule has 37 heavy (non-hydrogen) atoms. The van der Waals surface area contributed by atoms with E-state index in [9.17, 15) is 33.3 Å². The van der Waals surface area contributed by atoms with Crippen LogP contribution in [0.2, 0.25) is 0 Å². The monoisotopic (exact) mass is 531 g/mol. The van der Waals surface area contributed by atoms with Gasteiger partial charge in [0.25, 0.3) is 0 Å². The predicted octanol–water partition coefficient (Wildman–Crippen LogP) is 1.95. The lowest BCUT2D eigenvalue weighted by molar-refractivity contribution is -0.137. The van der Waals surface area contributed by atoms with Gasteiger partial charge in [0.05, 0.1) is 37.0 Å². The minimum atomic E-state index is -4.50. The number of ether oxygens (including phenoxy) is 1. The van der Waals surface area contributed by atoms with Crippen LogP contribution in [0.1, 0.15) is 37.7 Å². The second kappa shape index (κ2) is 15.1. The number of aliphatic hydroxyl groups excluding tert-OH is 5. The van der Waals surface area contributed by atoms with Gasteiger partial charge in [-0.3, -0.25) is 4.79 Å². The smallest absolute Gasteiger partial charge is 0.416 e. The summed E-state index contributed by atoms with van der Waals surface area (Å²) in [6.45, 7) is -0.959. The van der Waals surface area contributed by atoms with E-state index in [2.05, 4.69) is 5.32 Å². The second-order valence-electron chi connectivity index (χ2n) is 9.13. The van der Waals surface area contributed by atoms with Crippen molar-refractivity contribution in [2.24, 2.45) is 11.8 Å². The SMILES string of the molecule is O=C(CCCC=CCC1C(O)CC(O)C1C=CC(O)COc1cccc(C(F)(F)F)c1)NC(CO)CO. The van der Waals surface area contributed by atoms with Gasteiger partial charge in [-0.15, -0.1) is 0 Å². The molecule has 1 aromatic rings. The molecule has 208 valence electrons. The van der Waals surface area contributed by atoms with Crippen molar-refractivity contribution in [1.29, 1.82) is 0 Å². The van der Waals surface area contributed by atoms with Crippen LogP contribution < -0.4 is 10.1 Å². The maximum absolute atomic E-state index is 12.8. The Morgan fingerprint density at radius 3 is 2.57 bits per heavy atom. The van der Waals surface area contributed by atoms with E-state index in [1.165, 1.54) is 18.2 Å². The van der Waals surface area contributed by atoms with E-state index in [0.717, 1.165) is 12.1 Å². The van der Waals surface area contributed by atoms with E-state index < -0.39 is 42.0 Å². The summed E-state index contributed by atoms with van der Waals surface area (Å²) in [6.07, 6.45) is 1.61. The lowest BCUT2D eigenvalue weighted by atomic mass is 9.89. The molecule has 5 unspecified atom stereocenters. The lowest BCUT2D eigenvalue weighted by Crippen LogP contribution is -2.39. The number of halogens is 3. The van der Waals surface area contributed by atoms with Crippen LogP contribution in [0, 0.1) is 11.8 Å². The van der Waals surface area contributed by atoms with Crippen molar-refractivity contribution < 1.29 is 48.2 Å². The van der Waals surface area contributed by atoms with Crippen molar-refractivity contribution >= 4 is 5.91 Å². The first-order chi connectivity index (χ1) is 17.5. The maximum Gasteiger partial charge on any atom is 0.416 e. The molecule has 1 amide bonds. The number of alkyl halides is 3. The summed E-state index contributed by atoms with van der Waals surface area (Å²) < 4.78 is 43.7. The number of unbranched alkanes of at least 4 members (excludes halogenated alkanes) is 1. The fourth-order valence-corrected chi connectivity index (χ4v) is 4.16. The van der Waals surface area contributed by atoms with Gasteiger partial charge in [-0.05, 0) is 43.4 Å². The topological polar surface area (TPSA) is 139 Å². The number of hydrogen-bond donors (Lipinski definition) is 6. The summed E-state index contributed by atoms with van der Waals surface area (Å²) in [5, 5.41) is 51.3. The molecule has 8 nitrogen and oxygen atoms in total. The molecule has 2 rings (SSSR count). The molecule has 1 saturated carbocycles. The van der Waals surface area contributed by atoms with Crippen molar-refractivity contribution in [3.05, 3.63) is 54.1 Å². The number of aliphatic hydroxyl groups is 5. The van der Waals surface area contributed by atoms with Crippen molar-refractivity contribution in [2.45, 2.75) is 62.6 Å². The molecule has 0 saturated heterocycles. The number of amides is 1. The van der Waals surface area contributed by atoms with Crippen LogP contribution in [0.25, 0.3) is 0 Å².